The summed E-state index contributed by atoms with van der Waals surface area (Å²) in [7, 11) is 2.08. The molecule has 1 heterocycles. The number of hydrogen-bond donors (Lipinski definition) is 0. The normalized spacial score (nSPS) is 16.6. The van der Waals surface area contributed by atoms with E-state index in [0.29, 0.717) is 12.8 Å². The third-order valence-electron chi connectivity index (χ3n) is 4.02. The average molecular weight is 308 g/mol. The Labute approximate surface area is 128 Å². The zero-order valence-electron chi connectivity index (χ0n) is 12.6. The second kappa shape index (κ2) is 7.28. The predicted octanol–water partition coefficient (Wildman–Crippen LogP) is 1.68. The van der Waals surface area contributed by atoms with Gasteiger partial charge in [-0.3, -0.25) is 20.2 Å². The first-order valence-corrected chi connectivity index (χ1v) is 7.30. The number of hydrogen-bond acceptors (Lipinski definition) is 6. The number of nitrogens with zero attached hydrogens (tertiary/aromatic N) is 4. The summed E-state index contributed by atoms with van der Waals surface area (Å²) < 4.78 is 0. The molecule has 120 valence electrons. The van der Waals surface area contributed by atoms with Gasteiger partial charge in [0.2, 0.25) is 0 Å². The maximum atomic E-state index is 11.1. The molecule has 0 spiro atoms. The minimum Gasteiger partial charge on any atom is -0.304 e. The van der Waals surface area contributed by atoms with Crippen LogP contribution in [0.25, 0.3) is 0 Å². The lowest BCUT2D eigenvalue weighted by Gasteiger charge is -2.32. The highest BCUT2D eigenvalue weighted by molar-refractivity contribution is 5.53. The molecule has 0 unspecified atom stereocenters. The molecule has 0 saturated carbocycles. The maximum absolute atomic E-state index is 11.1. The van der Waals surface area contributed by atoms with Crippen molar-refractivity contribution in [3.8, 4) is 0 Å². The van der Waals surface area contributed by atoms with Crippen LogP contribution in [0, 0.1) is 20.2 Å². The second-order valence-corrected chi connectivity index (χ2v) is 5.54. The zero-order valence-corrected chi connectivity index (χ0v) is 12.6. The first kappa shape index (κ1) is 16.3. The van der Waals surface area contributed by atoms with Gasteiger partial charge in [-0.1, -0.05) is 0 Å². The van der Waals surface area contributed by atoms with Crippen molar-refractivity contribution < 1.29 is 9.85 Å². The van der Waals surface area contributed by atoms with Gasteiger partial charge in [-0.05, 0) is 32.5 Å². The van der Waals surface area contributed by atoms with Crippen LogP contribution < -0.4 is 0 Å². The molecule has 1 saturated heterocycles. The monoisotopic (exact) mass is 308 g/mol. The molecule has 0 atom stereocenters. The second-order valence-electron chi connectivity index (χ2n) is 5.54. The number of benzene rings is 1. The molecule has 2 rings (SSSR count). The molecular weight excluding hydrogens is 288 g/mol. The number of nitro benzene ring substituents is 2. The summed E-state index contributed by atoms with van der Waals surface area (Å²) in [4.78, 5) is 25.6. The van der Waals surface area contributed by atoms with Crippen molar-refractivity contribution in [2.75, 3.05) is 39.8 Å². The molecule has 0 radical (unpaired) electrons. The fourth-order valence-electron chi connectivity index (χ4n) is 2.71. The third kappa shape index (κ3) is 3.99. The van der Waals surface area contributed by atoms with Crippen molar-refractivity contribution in [1.29, 1.82) is 0 Å². The molecule has 1 aliphatic heterocycles. The van der Waals surface area contributed by atoms with Gasteiger partial charge < -0.3 is 9.80 Å². The SMILES string of the molecule is CN1CCN(CCCc2c([N+](=O)[O-])cccc2[N+](=O)[O-])CC1. The largest absolute Gasteiger partial charge is 0.304 e. The predicted molar refractivity (Wildman–Crippen MR) is 82.0 cm³/mol. The Morgan fingerprint density at radius 3 is 2.09 bits per heavy atom. The van der Waals surface area contributed by atoms with Crippen molar-refractivity contribution >= 4 is 11.4 Å². The summed E-state index contributed by atoms with van der Waals surface area (Å²) >= 11 is 0. The van der Waals surface area contributed by atoms with Crippen LogP contribution in [0.4, 0.5) is 11.4 Å². The Morgan fingerprint density at radius 1 is 1.05 bits per heavy atom. The quantitative estimate of drug-likeness (QED) is 0.586. The van der Waals surface area contributed by atoms with Gasteiger partial charge >= 0.3 is 0 Å². The van der Waals surface area contributed by atoms with Crippen LogP contribution in [0.3, 0.4) is 0 Å². The van der Waals surface area contributed by atoms with Crippen LogP contribution in [0.5, 0.6) is 0 Å². The summed E-state index contributed by atoms with van der Waals surface area (Å²) in [5.74, 6) is 0. The van der Waals surface area contributed by atoms with Crippen LogP contribution in [0.15, 0.2) is 18.2 Å². The van der Waals surface area contributed by atoms with E-state index in [4.69, 9.17) is 0 Å². The molecule has 1 aromatic rings. The van der Waals surface area contributed by atoms with E-state index in [9.17, 15) is 20.2 Å². The summed E-state index contributed by atoms with van der Waals surface area (Å²) in [6.45, 7) is 4.75. The van der Waals surface area contributed by atoms with E-state index >= 15 is 0 Å². The van der Waals surface area contributed by atoms with Gasteiger partial charge in [-0.2, -0.15) is 0 Å². The Morgan fingerprint density at radius 2 is 1.59 bits per heavy atom. The van der Waals surface area contributed by atoms with Crippen LogP contribution in [0.2, 0.25) is 0 Å². The molecule has 22 heavy (non-hydrogen) atoms. The van der Waals surface area contributed by atoms with E-state index in [1.54, 1.807) is 0 Å². The van der Waals surface area contributed by atoms with E-state index in [-0.39, 0.29) is 16.9 Å². The summed E-state index contributed by atoms with van der Waals surface area (Å²) in [6, 6.07) is 4.02. The number of rotatable bonds is 6. The van der Waals surface area contributed by atoms with E-state index < -0.39 is 9.85 Å². The lowest BCUT2D eigenvalue weighted by atomic mass is 10.0. The molecule has 8 heteroatoms. The standard InChI is InChI=1S/C14H20N4O4/c1-15-8-10-16(11-9-15)7-3-4-12-13(17(19)20)5-2-6-14(12)18(21)22/h2,5-6H,3-4,7-11H2,1H3. The molecule has 1 aliphatic rings. The highest BCUT2D eigenvalue weighted by Crippen LogP contribution is 2.29. The van der Waals surface area contributed by atoms with Crippen LogP contribution in [0.1, 0.15) is 12.0 Å². The molecule has 8 nitrogen and oxygen atoms in total. The minimum atomic E-state index is -0.543. The molecule has 0 aromatic heterocycles. The molecule has 0 aliphatic carbocycles. The number of nitro groups is 2. The number of piperazine rings is 1. The van der Waals surface area contributed by atoms with Crippen LogP contribution in [-0.2, 0) is 6.42 Å². The number of likely N-dealkylation sites (N-methyl/N-ethyl adjacent to an activating group) is 1. The third-order valence-corrected chi connectivity index (χ3v) is 4.02. The van der Waals surface area contributed by atoms with E-state index in [1.165, 1.54) is 18.2 Å². The van der Waals surface area contributed by atoms with Crippen LogP contribution in [-0.4, -0.2) is 59.4 Å². The van der Waals surface area contributed by atoms with Crippen molar-refractivity contribution in [3.05, 3.63) is 44.0 Å². The Bertz CT molecular complexity index is 524. The molecule has 1 fully saturated rings. The van der Waals surface area contributed by atoms with Gasteiger partial charge in [0.15, 0.2) is 0 Å². The molecule has 0 bridgehead atoms. The molecule has 1 aromatic carbocycles. The summed E-state index contributed by atoms with van der Waals surface area (Å²) in [5.41, 5.74) is -0.0909. The Balaban J connectivity index is 2.02. The van der Waals surface area contributed by atoms with Gasteiger partial charge in [0.1, 0.15) is 5.56 Å². The molecular formula is C14H20N4O4. The van der Waals surface area contributed by atoms with Crippen LogP contribution >= 0.6 is 0 Å². The smallest absolute Gasteiger partial charge is 0.279 e. The Kier molecular flexibility index (Phi) is 5.40. The highest BCUT2D eigenvalue weighted by atomic mass is 16.6. The van der Waals surface area contributed by atoms with Gasteiger partial charge in [-0.25, -0.2) is 0 Å². The Hall–Kier alpha value is -2.06. The topological polar surface area (TPSA) is 92.8 Å². The van der Waals surface area contributed by atoms with Crippen molar-refractivity contribution in [2.24, 2.45) is 0 Å². The van der Waals surface area contributed by atoms with Crippen molar-refractivity contribution in [1.82, 2.24) is 9.80 Å². The maximum Gasteiger partial charge on any atom is 0.279 e. The van der Waals surface area contributed by atoms with Gasteiger partial charge in [-0.15, -0.1) is 0 Å². The highest BCUT2D eigenvalue weighted by Gasteiger charge is 2.24. The first-order chi connectivity index (χ1) is 10.5. The van der Waals surface area contributed by atoms with Gasteiger partial charge in [0.25, 0.3) is 11.4 Å². The van der Waals surface area contributed by atoms with E-state index in [2.05, 4.69) is 16.8 Å². The fourth-order valence-corrected chi connectivity index (χ4v) is 2.71. The van der Waals surface area contributed by atoms with Gasteiger partial charge in [0, 0.05) is 38.3 Å². The van der Waals surface area contributed by atoms with Gasteiger partial charge in [0.05, 0.1) is 9.85 Å². The summed E-state index contributed by atoms with van der Waals surface area (Å²) in [5, 5.41) is 22.1. The first-order valence-electron chi connectivity index (χ1n) is 7.30. The fraction of sp³-hybridized carbons (Fsp3) is 0.571. The molecule has 0 N–H and O–H groups in total. The lowest BCUT2D eigenvalue weighted by Crippen LogP contribution is -2.44. The lowest BCUT2D eigenvalue weighted by molar-refractivity contribution is -0.395. The summed E-state index contributed by atoms with van der Waals surface area (Å²) in [6.07, 6.45) is 1.02. The zero-order chi connectivity index (χ0) is 16.1. The van der Waals surface area contributed by atoms with Crippen molar-refractivity contribution in [2.45, 2.75) is 12.8 Å². The average Bonchev–Trinajstić information content (AvgIpc) is 2.49. The van der Waals surface area contributed by atoms with E-state index in [1.807, 2.05) is 0 Å². The minimum absolute atomic E-state index is 0.160. The molecule has 0 amide bonds. The van der Waals surface area contributed by atoms with Crippen molar-refractivity contribution in [3.63, 3.8) is 0 Å². The van der Waals surface area contributed by atoms with E-state index in [0.717, 1.165) is 32.7 Å².